The van der Waals surface area contributed by atoms with Gasteiger partial charge in [0.05, 0.1) is 5.02 Å². The lowest BCUT2D eigenvalue weighted by Crippen LogP contribution is -2.42. The minimum Gasteiger partial charge on any atom is -0.382 e. The second-order valence-corrected chi connectivity index (χ2v) is 5.84. The maximum Gasteiger partial charge on any atom is 0.274 e. The molecular weight excluding hydrogens is 319 g/mol. The number of hydrogen-bond acceptors (Lipinski definition) is 4. The molecule has 3 rings (SSSR count). The summed E-state index contributed by atoms with van der Waals surface area (Å²) < 4.78 is 12.9. The Labute approximate surface area is 138 Å². The second kappa shape index (κ2) is 6.91. The molecule has 0 radical (unpaired) electrons. The number of aromatic nitrogens is 2. The highest BCUT2D eigenvalue weighted by atomic mass is 35.5. The maximum absolute atomic E-state index is 12.9. The van der Waals surface area contributed by atoms with Crippen LogP contribution in [-0.2, 0) is 0 Å². The lowest BCUT2D eigenvalue weighted by atomic mass is 10.0. The van der Waals surface area contributed by atoms with Gasteiger partial charge in [-0.25, -0.2) is 14.4 Å². The highest BCUT2D eigenvalue weighted by Crippen LogP contribution is 2.20. The van der Waals surface area contributed by atoms with Gasteiger partial charge >= 0.3 is 0 Å². The molecule has 1 fully saturated rings. The van der Waals surface area contributed by atoms with Crippen LogP contribution in [0, 0.1) is 5.82 Å². The molecular formula is C16H16ClFN4O. The van der Waals surface area contributed by atoms with Crippen LogP contribution >= 0.6 is 11.6 Å². The first-order valence-corrected chi connectivity index (χ1v) is 7.78. The van der Waals surface area contributed by atoms with Crippen molar-refractivity contribution in [3.05, 3.63) is 53.3 Å². The van der Waals surface area contributed by atoms with Crippen molar-refractivity contribution in [1.82, 2.24) is 14.9 Å². The van der Waals surface area contributed by atoms with E-state index in [9.17, 15) is 9.18 Å². The van der Waals surface area contributed by atoms with Crippen molar-refractivity contribution in [3.63, 3.8) is 0 Å². The standard InChI is InChI=1S/C16H16ClFN4O/c17-14-9-19-10-20-15(14)16(23)22-7-5-13(6-8-22)21-12-3-1-11(18)2-4-12/h1-4,9-10,13,21H,5-8H2. The van der Waals surface area contributed by atoms with E-state index in [1.165, 1.54) is 24.7 Å². The Morgan fingerprint density at radius 3 is 2.61 bits per heavy atom. The Morgan fingerprint density at radius 2 is 1.96 bits per heavy atom. The van der Waals surface area contributed by atoms with Crippen LogP contribution in [0.2, 0.25) is 5.02 Å². The summed E-state index contributed by atoms with van der Waals surface area (Å²) in [5.41, 5.74) is 1.13. The van der Waals surface area contributed by atoms with Gasteiger partial charge in [0, 0.05) is 31.0 Å². The number of likely N-dealkylation sites (tertiary alicyclic amines) is 1. The van der Waals surface area contributed by atoms with E-state index in [4.69, 9.17) is 11.6 Å². The largest absolute Gasteiger partial charge is 0.382 e. The molecule has 23 heavy (non-hydrogen) atoms. The fourth-order valence-electron chi connectivity index (χ4n) is 2.63. The van der Waals surface area contributed by atoms with Crippen LogP contribution in [0.15, 0.2) is 36.8 Å². The van der Waals surface area contributed by atoms with Gasteiger partial charge in [0.15, 0.2) is 0 Å². The van der Waals surface area contributed by atoms with Gasteiger partial charge in [0.25, 0.3) is 5.91 Å². The monoisotopic (exact) mass is 334 g/mol. The number of halogens is 2. The average molecular weight is 335 g/mol. The van der Waals surface area contributed by atoms with Crippen LogP contribution in [0.25, 0.3) is 0 Å². The number of benzene rings is 1. The number of amides is 1. The molecule has 1 aromatic heterocycles. The van der Waals surface area contributed by atoms with Gasteiger partial charge in [-0.2, -0.15) is 0 Å². The number of rotatable bonds is 3. The number of anilines is 1. The summed E-state index contributed by atoms with van der Waals surface area (Å²) in [7, 11) is 0. The fourth-order valence-corrected chi connectivity index (χ4v) is 2.81. The SMILES string of the molecule is O=C(c1ncncc1Cl)N1CCC(Nc2ccc(F)cc2)CC1. The molecule has 0 spiro atoms. The first-order chi connectivity index (χ1) is 11.1. The summed E-state index contributed by atoms with van der Waals surface area (Å²) in [6.07, 6.45) is 4.37. The van der Waals surface area contributed by atoms with E-state index in [-0.39, 0.29) is 28.5 Å². The third-order valence-corrected chi connectivity index (χ3v) is 4.14. The summed E-state index contributed by atoms with van der Waals surface area (Å²) in [5, 5.41) is 3.63. The van der Waals surface area contributed by atoms with Crippen LogP contribution in [-0.4, -0.2) is 39.9 Å². The number of carbonyl (C=O) groups is 1. The predicted octanol–water partition coefficient (Wildman–Crippen LogP) is 2.99. The molecule has 0 atom stereocenters. The van der Waals surface area contributed by atoms with Crippen molar-refractivity contribution < 1.29 is 9.18 Å². The van der Waals surface area contributed by atoms with E-state index < -0.39 is 0 Å². The predicted molar refractivity (Wildman–Crippen MR) is 86.0 cm³/mol. The Bertz CT molecular complexity index is 687. The van der Waals surface area contributed by atoms with Gasteiger partial charge in [0.2, 0.25) is 0 Å². The minimum absolute atomic E-state index is 0.169. The van der Waals surface area contributed by atoms with Crippen molar-refractivity contribution in [2.75, 3.05) is 18.4 Å². The van der Waals surface area contributed by atoms with Crippen LogP contribution in [0.3, 0.4) is 0 Å². The molecule has 0 saturated carbocycles. The van der Waals surface area contributed by atoms with E-state index >= 15 is 0 Å². The molecule has 1 aliphatic heterocycles. The number of nitrogens with zero attached hydrogens (tertiary/aromatic N) is 3. The van der Waals surface area contributed by atoms with Crippen LogP contribution in [0.5, 0.6) is 0 Å². The zero-order chi connectivity index (χ0) is 16.2. The van der Waals surface area contributed by atoms with E-state index in [2.05, 4.69) is 15.3 Å². The average Bonchev–Trinajstić information content (AvgIpc) is 2.57. The van der Waals surface area contributed by atoms with Crippen molar-refractivity contribution >= 4 is 23.2 Å². The van der Waals surface area contributed by atoms with Gasteiger partial charge in [-0.3, -0.25) is 4.79 Å². The highest BCUT2D eigenvalue weighted by molar-refractivity contribution is 6.33. The fraction of sp³-hybridized carbons (Fsp3) is 0.312. The molecule has 1 aliphatic rings. The third-order valence-electron chi connectivity index (χ3n) is 3.87. The highest BCUT2D eigenvalue weighted by Gasteiger charge is 2.25. The first-order valence-electron chi connectivity index (χ1n) is 7.40. The smallest absolute Gasteiger partial charge is 0.274 e. The number of hydrogen-bond donors (Lipinski definition) is 1. The molecule has 1 aromatic carbocycles. The molecule has 2 heterocycles. The Hall–Kier alpha value is -2.21. The second-order valence-electron chi connectivity index (χ2n) is 5.44. The lowest BCUT2D eigenvalue weighted by molar-refractivity contribution is 0.0712. The van der Waals surface area contributed by atoms with E-state index in [1.54, 1.807) is 17.0 Å². The van der Waals surface area contributed by atoms with E-state index in [0.717, 1.165) is 18.5 Å². The van der Waals surface area contributed by atoms with Gasteiger partial charge in [-0.05, 0) is 37.1 Å². The number of piperidine rings is 1. The summed E-state index contributed by atoms with van der Waals surface area (Å²) in [6, 6.07) is 6.54. The van der Waals surface area contributed by atoms with Crippen molar-refractivity contribution in [3.8, 4) is 0 Å². The summed E-state index contributed by atoms with van der Waals surface area (Å²) in [4.78, 5) is 21.9. The topological polar surface area (TPSA) is 58.1 Å². The molecule has 120 valence electrons. The van der Waals surface area contributed by atoms with Crippen LogP contribution < -0.4 is 5.32 Å². The zero-order valence-corrected chi connectivity index (χ0v) is 13.1. The molecule has 0 aliphatic carbocycles. The normalized spacial score (nSPS) is 15.5. The summed E-state index contributed by atoms with van der Waals surface area (Å²) in [6.45, 7) is 1.25. The summed E-state index contributed by atoms with van der Waals surface area (Å²) >= 11 is 5.97. The molecule has 1 saturated heterocycles. The van der Waals surface area contributed by atoms with Crippen molar-refractivity contribution in [2.24, 2.45) is 0 Å². The van der Waals surface area contributed by atoms with Crippen molar-refractivity contribution in [2.45, 2.75) is 18.9 Å². The van der Waals surface area contributed by atoms with E-state index in [1.807, 2.05) is 0 Å². The van der Waals surface area contributed by atoms with Crippen molar-refractivity contribution in [1.29, 1.82) is 0 Å². The maximum atomic E-state index is 12.9. The molecule has 1 N–H and O–H groups in total. The number of carbonyl (C=O) groups excluding carboxylic acids is 1. The molecule has 1 amide bonds. The zero-order valence-electron chi connectivity index (χ0n) is 12.4. The Morgan fingerprint density at radius 1 is 1.26 bits per heavy atom. The number of nitrogens with one attached hydrogen (secondary N) is 1. The van der Waals surface area contributed by atoms with Gasteiger partial charge in [-0.1, -0.05) is 11.6 Å². The molecule has 7 heteroatoms. The summed E-state index contributed by atoms with van der Waals surface area (Å²) in [5.74, 6) is -0.421. The van der Waals surface area contributed by atoms with Gasteiger partial charge in [-0.15, -0.1) is 0 Å². The molecule has 2 aromatic rings. The molecule has 0 bridgehead atoms. The quantitative estimate of drug-likeness (QED) is 0.937. The van der Waals surface area contributed by atoms with E-state index in [0.29, 0.717) is 13.1 Å². The third kappa shape index (κ3) is 3.76. The van der Waals surface area contributed by atoms with Gasteiger partial charge < -0.3 is 10.2 Å². The first kappa shape index (κ1) is 15.7. The Balaban J connectivity index is 1.57. The van der Waals surface area contributed by atoms with Crippen LogP contribution in [0.4, 0.5) is 10.1 Å². The van der Waals surface area contributed by atoms with Crippen LogP contribution in [0.1, 0.15) is 23.3 Å². The lowest BCUT2D eigenvalue weighted by Gasteiger charge is -2.32. The van der Waals surface area contributed by atoms with Gasteiger partial charge in [0.1, 0.15) is 17.8 Å². The molecule has 5 nitrogen and oxygen atoms in total. The molecule has 0 unspecified atom stereocenters. The minimum atomic E-state index is -0.252. The Kier molecular flexibility index (Phi) is 4.71.